The molecule has 206 valence electrons. The SMILES string of the molecule is COc1ccc(CC2c3cc(OC)c(OC)cc3OCCN2CC(=O)NC2Cc3ccccc3C2)cc1OC. The summed E-state index contributed by atoms with van der Waals surface area (Å²) in [5.41, 5.74) is 4.62. The molecule has 0 aromatic heterocycles. The van der Waals surface area contributed by atoms with Gasteiger partial charge in [-0.15, -0.1) is 0 Å². The van der Waals surface area contributed by atoms with E-state index >= 15 is 0 Å². The number of ether oxygens (including phenoxy) is 5. The lowest BCUT2D eigenvalue weighted by atomic mass is 9.95. The van der Waals surface area contributed by atoms with E-state index in [0.717, 1.165) is 29.7 Å². The van der Waals surface area contributed by atoms with Gasteiger partial charge in [-0.1, -0.05) is 30.3 Å². The molecule has 0 saturated carbocycles. The number of methoxy groups -OCH3 is 4. The number of carbonyl (C=O) groups is 1. The fourth-order valence-corrected chi connectivity index (χ4v) is 5.66. The zero-order valence-electron chi connectivity index (χ0n) is 23.0. The number of carbonyl (C=O) groups excluding carboxylic acids is 1. The lowest BCUT2D eigenvalue weighted by molar-refractivity contribution is -0.123. The van der Waals surface area contributed by atoms with Crippen molar-refractivity contribution < 1.29 is 28.5 Å². The third kappa shape index (κ3) is 5.76. The number of nitrogens with zero attached hydrogens (tertiary/aromatic N) is 1. The van der Waals surface area contributed by atoms with E-state index in [1.54, 1.807) is 28.4 Å². The van der Waals surface area contributed by atoms with Crippen LogP contribution in [0.2, 0.25) is 0 Å². The van der Waals surface area contributed by atoms with E-state index in [1.807, 2.05) is 30.3 Å². The van der Waals surface area contributed by atoms with Crippen molar-refractivity contribution in [2.75, 3.05) is 48.1 Å². The van der Waals surface area contributed by atoms with Crippen LogP contribution in [0.4, 0.5) is 0 Å². The van der Waals surface area contributed by atoms with Crippen LogP contribution in [0.1, 0.15) is 28.3 Å². The monoisotopic (exact) mass is 532 g/mol. The molecule has 0 bridgehead atoms. The lowest BCUT2D eigenvalue weighted by Crippen LogP contribution is -2.44. The molecule has 5 rings (SSSR count). The summed E-state index contributed by atoms with van der Waals surface area (Å²) in [7, 11) is 6.49. The first kappa shape index (κ1) is 26.7. The van der Waals surface area contributed by atoms with E-state index in [1.165, 1.54) is 11.1 Å². The highest BCUT2D eigenvalue weighted by atomic mass is 16.5. The predicted molar refractivity (Wildman–Crippen MR) is 148 cm³/mol. The molecule has 8 nitrogen and oxygen atoms in total. The molecule has 1 N–H and O–H groups in total. The molecule has 8 heteroatoms. The van der Waals surface area contributed by atoms with Crippen molar-refractivity contribution in [1.29, 1.82) is 0 Å². The summed E-state index contributed by atoms with van der Waals surface area (Å²) in [6.07, 6.45) is 2.36. The molecule has 0 spiro atoms. The Balaban J connectivity index is 1.42. The van der Waals surface area contributed by atoms with Gasteiger partial charge in [0.1, 0.15) is 12.4 Å². The predicted octanol–water partition coefficient (Wildman–Crippen LogP) is 3.98. The van der Waals surface area contributed by atoms with Crippen molar-refractivity contribution in [3.63, 3.8) is 0 Å². The Labute approximate surface area is 229 Å². The molecule has 0 radical (unpaired) electrons. The molecule has 1 aliphatic carbocycles. The Kier molecular flexibility index (Phi) is 8.12. The minimum absolute atomic E-state index is 0.00837. The number of hydrogen-bond acceptors (Lipinski definition) is 7. The normalized spacial score (nSPS) is 16.9. The van der Waals surface area contributed by atoms with Gasteiger partial charge in [0.2, 0.25) is 5.91 Å². The van der Waals surface area contributed by atoms with Crippen LogP contribution in [0.15, 0.2) is 54.6 Å². The van der Waals surface area contributed by atoms with Crippen LogP contribution >= 0.6 is 0 Å². The van der Waals surface area contributed by atoms with E-state index in [0.29, 0.717) is 42.6 Å². The smallest absolute Gasteiger partial charge is 0.234 e. The zero-order chi connectivity index (χ0) is 27.4. The Morgan fingerprint density at radius 2 is 1.51 bits per heavy atom. The molecule has 0 fully saturated rings. The first-order valence-corrected chi connectivity index (χ1v) is 13.2. The summed E-state index contributed by atoms with van der Waals surface area (Å²) in [5.74, 6) is 3.30. The molecule has 3 aromatic carbocycles. The summed E-state index contributed by atoms with van der Waals surface area (Å²) in [6, 6.07) is 18.1. The molecule has 1 heterocycles. The fraction of sp³-hybridized carbons (Fsp3) is 0.387. The van der Waals surface area contributed by atoms with Gasteiger partial charge in [0.05, 0.1) is 35.0 Å². The number of rotatable bonds is 9. The quantitative estimate of drug-likeness (QED) is 0.447. The minimum Gasteiger partial charge on any atom is -0.493 e. The van der Waals surface area contributed by atoms with Gasteiger partial charge in [-0.05, 0) is 54.2 Å². The molecule has 3 aromatic rings. The van der Waals surface area contributed by atoms with Crippen LogP contribution in [0.3, 0.4) is 0 Å². The average molecular weight is 533 g/mol. The topological polar surface area (TPSA) is 78.5 Å². The number of hydrogen-bond donors (Lipinski definition) is 1. The maximum absolute atomic E-state index is 13.4. The number of nitrogens with one attached hydrogen (secondary N) is 1. The van der Waals surface area contributed by atoms with Crippen LogP contribution in [0.5, 0.6) is 28.7 Å². The van der Waals surface area contributed by atoms with Crippen LogP contribution in [0.25, 0.3) is 0 Å². The van der Waals surface area contributed by atoms with Crippen LogP contribution in [0, 0.1) is 0 Å². The van der Waals surface area contributed by atoms with Crippen molar-refractivity contribution in [3.8, 4) is 28.7 Å². The van der Waals surface area contributed by atoms with Crippen LogP contribution in [-0.4, -0.2) is 65.0 Å². The van der Waals surface area contributed by atoms with E-state index in [4.69, 9.17) is 23.7 Å². The molecule has 1 aliphatic heterocycles. The van der Waals surface area contributed by atoms with Crippen molar-refractivity contribution in [1.82, 2.24) is 10.2 Å². The third-order valence-electron chi connectivity index (χ3n) is 7.59. The van der Waals surface area contributed by atoms with E-state index < -0.39 is 0 Å². The van der Waals surface area contributed by atoms with Crippen LogP contribution in [-0.2, 0) is 24.1 Å². The third-order valence-corrected chi connectivity index (χ3v) is 7.59. The van der Waals surface area contributed by atoms with E-state index in [9.17, 15) is 4.79 Å². The Hall–Kier alpha value is -3.91. The molecule has 1 atom stereocenters. The molecule has 2 aliphatic rings. The van der Waals surface area contributed by atoms with E-state index in [2.05, 4.69) is 34.5 Å². The van der Waals surface area contributed by atoms with Gasteiger partial charge in [0.15, 0.2) is 23.0 Å². The summed E-state index contributed by atoms with van der Waals surface area (Å²) < 4.78 is 28.3. The number of fused-ring (bicyclic) bond motifs is 2. The summed E-state index contributed by atoms with van der Waals surface area (Å²) in [6.45, 7) is 1.30. The fourth-order valence-electron chi connectivity index (χ4n) is 5.66. The van der Waals surface area contributed by atoms with Gasteiger partial charge >= 0.3 is 0 Å². The first-order valence-electron chi connectivity index (χ1n) is 13.2. The second-order valence-corrected chi connectivity index (χ2v) is 9.91. The van der Waals surface area contributed by atoms with Crippen LogP contribution < -0.4 is 29.0 Å². The van der Waals surface area contributed by atoms with Gasteiger partial charge in [0, 0.05) is 30.3 Å². The molecule has 1 unspecified atom stereocenters. The maximum atomic E-state index is 13.4. The second kappa shape index (κ2) is 11.9. The molecular formula is C31H36N2O6. The standard InChI is InChI=1S/C31H36N2O6/c1-35-26-10-9-20(14-28(26)36-2)13-25-24-17-29(37-3)30(38-4)18-27(24)39-12-11-33(25)19-31(34)32-23-15-21-7-5-6-8-22(21)16-23/h5-10,14,17-18,23,25H,11-13,15-16,19H2,1-4H3,(H,32,34). The molecule has 39 heavy (non-hydrogen) atoms. The van der Waals surface area contributed by atoms with Gasteiger partial charge < -0.3 is 29.0 Å². The molecule has 0 saturated heterocycles. The van der Waals surface area contributed by atoms with Crippen molar-refractivity contribution >= 4 is 5.91 Å². The maximum Gasteiger partial charge on any atom is 0.234 e. The summed E-state index contributed by atoms with van der Waals surface area (Å²) in [4.78, 5) is 15.6. The highest BCUT2D eigenvalue weighted by molar-refractivity contribution is 5.78. The summed E-state index contributed by atoms with van der Waals surface area (Å²) >= 11 is 0. The Bertz CT molecular complexity index is 1300. The van der Waals surface area contributed by atoms with Gasteiger partial charge in [0.25, 0.3) is 0 Å². The van der Waals surface area contributed by atoms with Crippen molar-refractivity contribution in [3.05, 3.63) is 76.9 Å². The number of benzene rings is 3. The second-order valence-electron chi connectivity index (χ2n) is 9.91. The van der Waals surface area contributed by atoms with Gasteiger partial charge in [-0.2, -0.15) is 0 Å². The summed E-state index contributed by atoms with van der Waals surface area (Å²) in [5, 5.41) is 3.27. The Morgan fingerprint density at radius 1 is 0.872 bits per heavy atom. The minimum atomic E-state index is -0.146. The van der Waals surface area contributed by atoms with Crippen molar-refractivity contribution in [2.45, 2.75) is 31.3 Å². The average Bonchev–Trinajstić information content (AvgIpc) is 3.29. The van der Waals surface area contributed by atoms with E-state index in [-0.39, 0.29) is 24.5 Å². The van der Waals surface area contributed by atoms with Crippen molar-refractivity contribution in [2.24, 2.45) is 0 Å². The first-order chi connectivity index (χ1) is 19.0. The number of amides is 1. The Morgan fingerprint density at radius 3 is 2.18 bits per heavy atom. The highest BCUT2D eigenvalue weighted by Crippen LogP contribution is 2.42. The highest BCUT2D eigenvalue weighted by Gasteiger charge is 2.31. The largest absolute Gasteiger partial charge is 0.493 e. The molecule has 1 amide bonds. The zero-order valence-corrected chi connectivity index (χ0v) is 23.0. The van der Waals surface area contributed by atoms with Gasteiger partial charge in [-0.3, -0.25) is 9.69 Å². The van der Waals surface area contributed by atoms with Gasteiger partial charge in [-0.25, -0.2) is 0 Å². The molecular weight excluding hydrogens is 496 g/mol. The lowest BCUT2D eigenvalue weighted by Gasteiger charge is -2.30.